The van der Waals surface area contributed by atoms with E-state index >= 15 is 0 Å². The number of benzene rings is 2. The van der Waals surface area contributed by atoms with Crippen LogP contribution in [-0.4, -0.2) is 15.0 Å². The summed E-state index contributed by atoms with van der Waals surface area (Å²) in [6.07, 6.45) is 0.789. The highest BCUT2D eigenvalue weighted by Gasteiger charge is 2.22. The summed E-state index contributed by atoms with van der Waals surface area (Å²) in [4.78, 5) is 0.0530. The van der Waals surface area contributed by atoms with E-state index in [-0.39, 0.29) is 9.92 Å². The van der Waals surface area contributed by atoms with Crippen LogP contribution in [0, 0.1) is 0 Å². The third-order valence-electron chi connectivity index (χ3n) is 3.08. The number of nitrogens with one attached hydrogen (secondary N) is 1. The van der Waals surface area contributed by atoms with Crippen molar-refractivity contribution in [1.82, 2.24) is 0 Å². The second-order valence-corrected chi connectivity index (χ2v) is 6.49. The van der Waals surface area contributed by atoms with Gasteiger partial charge < -0.3 is 4.74 Å². The smallest absolute Gasteiger partial charge is 0.263 e. The van der Waals surface area contributed by atoms with Gasteiger partial charge in [0.15, 0.2) is 0 Å². The highest BCUT2D eigenvalue weighted by atomic mass is 35.5. The van der Waals surface area contributed by atoms with E-state index in [0.29, 0.717) is 18.0 Å². The Balaban J connectivity index is 2.00. The number of ether oxygens (including phenoxy) is 1. The van der Waals surface area contributed by atoms with Gasteiger partial charge >= 0.3 is 0 Å². The van der Waals surface area contributed by atoms with Gasteiger partial charge in [-0.15, -0.1) is 0 Å². The number of fused-ring (bicyclic) bond motifs is 1. The molecule has 0 saturated carbocycles. The van der Waals surface area contributed by atoms with Crippen LogP contribution in [0.1, 0.15) is 5.56 Å². The summed E-state index contributed by atoms with van der Waals surface area (Å²) in [6.45, 7) is 0.570. The number of para-hydroxylation sites is 1. The van der Waals surface area contributed by atoms with E-state index in [9.17, 15) is 8.42 Å². The Kier molecular flexibility index (Phi) is 3.31. The molecule has 0 saturated heterocycles. The molecule has 1 N–H and O–H groups in total. The Bertz CT molecular complexity index is 759. The standard InChI is InChI=1S/C14H12ClNO3S/c15-11-5-1-2-7-13(11)20(17,18)16-12-6-3-4-10-8-9-19-14(10)12/h1-7,16H,8-9H2. The number of hydrogen-bond donors (Lipinski definition) is 1. The molecule has 0 spiro atoms. The van der Waals surface area contributed by atoms with Crippen molar-refractivity contribution >= 4 is 27.3 Å². The molecule has 4 nitrogen and oxygen atoms in total. The maximum atomic E-state index is 12.4. The number of anilines is 1. The molecule has 104 valence electrons. The fraction of sp³-hybridized carbons (Fsp3) is 0.143. The van der Waals surface area contributed by atoms with Gasteiger partial charge in [-0.25, -0.2) is 8.42 Å². The van der Waals surface area contributed by atoms with Crippen molar-refractivity contribution in [3.8, 4) is 5.75 Å². The molecule has 6 heteroatoms. The first-order chi connectivity index (χ1) is 9.58. The number of sulfonamides is 1. The highest BCUT2D eigenvalue weighted by molar-refractivity contribution is 7.92. The van der Waals surface area contributed by atoms with E-state index in [2.05, 4.69) is 4.72 Å². The molecule has 1 aliphatic heterocycles. The summed E-state index contributed by atoms with van der Waals surface area (Å²) in [5.41, 5.74) is 1.45. The number of rotatable bonds is 3. The van der Waals surface area contributed by atoms with Crippen molar-refractivity contribution < 1.29 is 13.2 Å². The van der Waals surface area contributed by atoms with Gasteiger partial charge in [0.25, 0.3) is 10.0 Å². The topological polar surface area (TPSA) is 55.4 Å². The molecule has 0 amide bonds. The van der Waals surface area contributed by atoms with E-state index in [4.69, 9.17) is 16.3 Å². The van der Waals surface area contributed by atoms with E-state index in [1.54, 1.807) is 30.3 Å². The minimum absolute atomic E-state index is 0.0530. The van der Waals surface area contributed by atoms with Crippen LogP contribution in [0.3, 0.4) is 0 Å². The molecule has 0 bridgehead atoms. The largest absolute Gasteiger partial charge is 0.491 e. The third kappa shape index (κ3) is 2.34. The average molecular weight is 310 g/mol. The van der Waals surface area contributed by atoms with Crippen molar-refractivity contribution in [3.63, 3.8) is 0 Å². The molecule has 0 unspecified atom stereocenters. The summed E-state index contributed by atoms with van der Waals surface area (Å²) in [7, 11) is -3.73. The highest BCUT2D eigenvalue weighted by Crippen LogP contribution is 2.35. The van der Waals surface area contributed by atoms with Gasteiger partial charge in [0.2, 0.25) is 0 Å². The molecule has 2 aromatic rings. The van der Waals surface area contributed by atoms with Gasteiger partial charge in [0.05, 0.1) is 17.3 Å². The molecule has 0 radical (unpaired) electrons. The van der Waals surface area contributed by atoms with Crippen LogP contribution < -0.4 is 9.46 Å². The van der Waals surface area contributed by atoms with E-state index in [1.165, 1.54) is 6.07 Å². The molecule has 20 heavy (non-hydrogen) atoms. The molecule has 0 aliphatic carbocycles. The van der Waals surface area contributed by atoms with E-state index < -0.39 is 10.0 Å². The Morgan fingerprint density at radius 1 is 1.10 bits per heavy atom. The zero-order chi connectivity index (χ0) is 14.2. The predicted molar refractivity (Wildman–Crippen MR) is 77.9 cm³/mol. The molecular weight excluding hydrogens is 298 g/mol. The quantitative estimate of drug-likeness (QED) is 0.948. The fourth-order valence-corrected chi connectivity index (χ4v) is 3.74. The van der Waals surface area contributed by atoms with Crippen LogP contribution in [0.15, 0.2) is 47.4 Å². The van der Waals surface area contributed by atoms with Gasteiger partial charge in [0, 0.05) is 6.42 Å². The lowest BCUT2D eigenvalue weighted by Gasteiger charge is -2.12. The molecule has 1 heterocycles. The minimum atomic E-state index is -3.73. The zero-order valence-corrected chi connectivity index (χ0v) is 12.0. The predicted octanol–water partition coefficient (Wildman–Crippen LogP) is 3.08. The van der Waals surface area contributed by atoms with Crippen molar-refractivity contribution in [2.24, 2.45) is 0 Å². The minimum Gasteiger partial charge on any atom is -0.491 e. The van der Waals surface area contributed by atoms with Crippen LogP contribution in [0.2, 0.25) is 5.02 Å². The first kappa shape index (κ1) is 13.3. The normalized spacial score (nSPS) is 13.7. The molecule has 0 atom stereocenters. The van der Waals surface area contributed by atoms with E-state index in [1.807, 2.05) is 6.07 Å². The molecule has 0 fully saturated rings. The lowest BCUT2D eigenvalue weighted by atomic mass is 10.1. The number of halogens is 1. The van der Waals surface area contributed by atoms with Gasteiger partial charge in [-0.2, -0.15) is 0 Å². The van der Waals surface area contributed by atoms with Crippen LogP contribution >= 0.6 is 11.6 Å². The van der Waals surface area contributed by atoms with Crippen LogP contribution in [0.25, 0.3) is 0 Å². The summed E-state index contributed by atoms with van der Waals surface area (Å²) >= 11 is 5.94. The Morgan fingerprint density at radius 3 is 2.70 bits per heavy atom. The molecular formula is C14H12ClNO3S. The maximum Gasteiger partial charge on any atom is 0.263 e. The van der Waals surface area contributed by atoms with Crippen molar-refractivity contribution in [2.75, 3.05) is 11.3 Å². The Morgan fingerprint density at radius 2 is 1.90 bits per heavy atom. The molecule has 1 aliphatic rings. The fourth-order valence-electron chi connectivity index (χ4n) is 2.16. The average Bonchev–Trinajstić information content (AvgIpc) is 2.88. The van der Waals surface area contributed by atoms with E-state index in [0.717, 1.165) is 12.0 Å². The summed E-state index contributed by atoms with van der Waals surface area (Å²) in [5, 5.41) is 0.188. The summed E-state index contributed by atoms with van der Waals surface area (Å²) in [5.74, 6) is 0.600. The van der Waals surface area contributed by atoms with Gasteiger partial charge in [-0.05, 0) is 23.8 Å². The second-order valence-electron chi connectivity index (χ2n) is 4.43. The molecule has 2 aromatic carbocycles. The van der Waals surface area contributed by atoms with Crippen LogP contribution in [0.4, 0.5) is 5.69 Å². The van der Waals surface area contributed by atoms with Crippen LogP contribution in [-0.2, 0) is 16.4 Å². The van der Waals surface area contributed by atoms with Gasteiger partial charge in [0.1, 0.15) is 10.6 Å². The van der Waals surface area contributed by atoms with Crippen LogP contribution in [0.5, 0.6) is 5.75 Å². The lowest BCUT2D eigenvalue weighted by molar-refractivity contribution is 0.358. The first-order valence-electron chi connectivity index (χ1n) is 6.10. The van der Waals surface area contributed by atoms with Crippen molar-refractivity contribution in [1.29, 1.82) is 0 Å². The van der Waals surface area contributed by atoms with Gasteiger partial charge in [-0.3, -0.25) is 4.72 Å². The monoisotopic (exact) mass is 309 g/mol. The summed E-state index contributed by atoms with van der Waals surface area (Å²) < 4.78 is 32.8. The first-order valence-corrected chi connectivity index (χ1v) is 7.96. The zero-order valence-electron chi connectivity index (χ0n) is 10.5. The van der Waals surface area contributed by atoms with Crippen molar-refractivity contribution in [3.05, 3.63) is 53.1 Å². The molecule has 0 aromatic heterocycles. The Hall–Kier alpha value is -1.72. The lowest BCUT2D eigenvalue weighted by Crippen LogP contribution is -2.14. The number of hydrogen-bond acceptors (Lipinski definition) is 3. The SMILES string of the molecule is O=S(=O)(Nc1cccc2c1OCC2)c1ccccc1Cl. The van der Waals surface area contributed by atoms with Gasteiger partial charge in [-0.1, -0.05) is 35.9 Å². The summed E-state index contributed by atoms with van der Waals surface area (Å²) in [6, 6.07) is 11.7. The molecule has 3 rings (SSSR count). The third-order valence-corrected chi connectivity index (χ3v) is 4.95. The Labute approximate surface area is 122 Å². The second kappa shape index (κ2) is 5.00. The van der Waals surface area contributed by atoms with Crippen molar-refractivity contribution in [2.45, 2.75) is 11.3 Å². The maximum absolute atomic E-state index is 12.4.